The predicted octanol–water partition coefficient (Wildman–Crippen LogP) is 0.852. The molecule has 134 valence electrons. The molecule has 1 fully saturated rings. The van der Waals surface area contributed by atoms with Gasteiger partial charge in [-0.25, -0.2) is 0 Å². The standard InChI is InChI=1S/C14H19F2N3O4S/c1-17(2)24(21,22)19-9-7-18(8-10-19)13(20)11-3-5-12(6-4-11)23-14(15)16/h3-6,14H,7-10H2,1-2H3. The first-order valence-electron chi connectivity index (χ1n) is 7.23. The van der Waals surface area contributed by atoms with Crippen molar-refractivity contribution in [2.24, 2.45) is 0 Å². The molecule has 1 saturated heterocycles. The second-order valence-electron chi connectivity index (χ2n) is 5.38. The highest BCUT2D eigenvalue weighted by Crippen LogP contribution is 2.17. The van der Waals surface area contributed by atoms with E-state index in [0.717, 1.165) is 4.31 Å². The maximum absolute atomic E-state index is 12.4. The summed E-state index contributed by atoms with van der Waals surface area (Å²) >= 11 is 0. The molecule has 0 bridgehead atoms. The Morgan fingerprint density at radius 2 is 1.67 bits per heavy atom. The van der Waals surface area contributed by atoms with E-state index >= 15 is 0 Å². The number of benzene rings is 1. The molecule has 0 atom stereocenters. The second kappa shape index (κ2) is 7.41. The van der Waals surface area contributed by atoms with E-state index in [1.807, 2.05) is 0 Å². The summed E-state index contributed by atoms with van der Waals surface area (Å²) in [7, 11) is -0.581. The highest BCUT2D eigenvalue weighted by molar-refractivity contribution is 7.86. The zero-order valence-corrected chi connectivity index (χ0v) is 14.2. The van der Waals surface area contributed by atoms with Crippen LogP contribution in [0.4, 0.5) is 8.78 Å². The number of amides is 1. The van der Waals surface area contributed by atoms with Crippen molar-refractivity contribution in [3.8, 4) is 5.75 Å². The van der Waals surface area contributed by atoms with Crippen molar-refractivity contribution in [3.63, 3.8) is 0 Å². The highest BCUT2D eigenvalue weighted by Gasteiger charge is 2.30. The molecule has 10 heteroatoms. The number of halogens is 2. The summed E-state index contributed by atoms with van der Waals surface area (Å²) in [5, 5.41) is 0. The van der Waals surface area contributed by atoms with Crippen LogP contribution >= 0.6 is 0 Å². The Kier molecular flexibility index (Phi) is 5.73. The van der Waals surface area contributed by atoms with Crippen LogP contribution in [0.3, 0.4) is 0 Å². The van der Waals surface area contributed by atoms with Gasteiger partial charge < -0.3 is 9.64 Å². The molecule has 0 aromatic heterocycles. The van der Waals surface area contributed by atoms with Crippen molar-refractivity contribution >= 4 is 16.1 Å². The first kappa shape index (κ1) is 18.6. The lowest BCUT2D eigenvalue weighted by Gasteiger charge is -2.35. The van der Waals surface area contributed by atoms with E-state index in [4.69, 9.17) is 0 Å². The molecular weight excluding hydrogens is 344 g/mol. The van der Waals surface area contributed by atoms with Crippen molar-refractivity contribution in [3.05, 3.63) is 29.8 Å². The van der Waals surface area contributed by atoms with Crippen LogP contribution in [-0.4, -0.2) is 74.7 Å². The zero-order chi connectivity index (χ0) is 17.9. The molecule has 2 rings (SSSR count). The molecule has 0 N–H and O–H groups in total. The minimum Gasteiger partial charge on any atom is -0.435 e. The fourth-order valence-corrected chi connectivity index (χ4v) is 3.40. The van der Waals surface area contributed by atoms with Gasteiger partial charge in [-0.1, -0.05) is 0 Å². The van der Waals surface area contributed by atoms with Gasteiger partial charge in [0.1, 0.15) is 5.75 Å². The molecule has 0 spiro atoms. The van der Waals surface area contributed by atoms with Gasteiger partial charge in [0.15, 0.2) is 0 Å². The molecule has 1 aliphatic heterocycles. The molecule has 0 saturated carbocycles. The Morgan fingerprint density at radius 3 is 2.12 bits per heavy atom. The summed E-state index contributed by atoms with van der Waals surface area (Å²) in [4.78, 5) is 13.9. The molecule has 0 unspecified atom stereocenters. The molecule has 24 heavy (non-hydrogen) atoms. The number of hydrogen-bond acceptors (Lipinski definition) is 4. The topological polar surface area (TPSA) is 70.2 Å². The van der Waals surface area contributed by atoms with Crippen molar-refractivity contribution in [1.82, 2.24) is 13.5 Å². The lowest BCUT2D eigenvalue weighted by molar-refractivity contribution is -0.0498. The number of rotatable bonds is 5. The Labute approximate surface area is 139 Å². The molecule has 1 aromatic rings. The summed E-state index contributed by atoms with van der Waals surface area (Å²) in [5.41, 5.74) is 0.334. The number of hydrogen-bond donors (Lipinski definition) is 0. The molecule has 1 aromatic carbocycles. The lowest BCUT2D eigenvalue weighted by atomic mass is 10.2. The minimum atomic E-state index is -3.49. The quantitative estimate of drug-likeness (QED) is 0.778. The summed E-state index contributed by atoms with van der Waals surface area (Å²) < 4.78 is 55.0. The van der Waals surface area contributed by atoms with E-state index < -0.39 is 16.8 Å². The SMILES string of the molecule is CN(C)S(=O)(=O)N1CCN(C(=O)c2ccc(OC(F)F)cc2)CC1. The number of alkyl halides is 2. The second-order valence-corrected chi connectivity index (χ2v) is 7.53. The highest BCUT2D eigenvalue weighted by atomic mass is 32.2. The van der Waals surface area contributed by atoms with Gasteiger partial charge in [0.05, 0.1) is 0 Å². The van der Waals surface area contributed by atoms with Crippen LogP contribution in [0.1, 0.15) is 10.4 Å². The monoisotopic (exact) mass is 363 g/mol. The van der Waals surface area contributed by atoms with E-state index in [2.05, 4.69) is 4.74 Å². The maximum atomic E-state index is 12.4. The maximum Gasteiger partial charge on any atom is 0.387 e. The Hall–Kier alpha value is -1.78. The number of carbonyl (C=O) groups excluding carboxylic acids is 1. The average molecular weight is 363 g/mol. The Bertz CT molecular complexity index is 672. The van der Waals surface area contributed by atoms with E-state index in [1.54, 1.807) is 0 Å². The van der Waals surface area contributed by atoms with Crippen LogP contribution in [0.5, 0.6) is 5.75 Å². The van der Waals surface area contributed by atoms with Gasteiger partial charge in [-0.05, 0) is 24.3 Å². The number of carbonyl (C=O) groups is 1. The largest absolute Gasteiger partial charge is 0.435 e. The molecular formula is C14H19F2N3O4S. The van der Waals surface area contributed by atoms with Gasteiger partial charge in [-0.15, -0.1) is 0 Å². The first-order valence-corrected chi connectivity index (χ1v) is 8.63. The third kappa shape index (κ3) is 4.19. The normalized spacial score (nSPS) is 16.7. The molecule has 0 radical (unpaired) electrons. The van der Waals surface area contributed by atoms with Gasteiger partial charge >= 0.3 is 6.61 Å². The number of piperazine rings is 1. The van der Waals surface area contributed by atoms with Crippen molar-refractivity contribution in [2.75, 3.05) is 40.3 Å². The summed E-state index contributed by atoms with van der Waals surface area (Å²) in [6, 6.07) is 5.41. The summed E-state index contributed by atoms with van der Waals surface area (Å²) in [6.45, 7) is -1.97. The first-order chi connectivity index (χ1) is 11.2. The van der Waals surface area contributed by atoms with Crippen LogP contribution < -0.4 is 4.74 Å². The van der Waals surface area contributed by atoms with Gasteiger partial charge in [-0.3, -0.25) is 4.79 Å². The Balaban J connectivity index is 1.98. The summed E-state index contributed by atoms with van der Waals surface area (Å²) in [5.74, 6) is -0.302. The van der Waals surface area contributed by atoms with Crippen molar-refractivity contribution in [1.29, 1.82) is 0 Å². The van der Waals surface area contributed by atoms with Gasteiger partial charge in [-0.2, -0.15) is 25.8 Å². The predicted molar refractivity (Wildman–Crippen MR) is 83.2 cm³/mol. The molecule has 0 aliphatic carbocycles. The minimum absolute atomic E-state index is 0.0246. The van der Waals surface area contributed by atoms with Crippen LogP contribution in [0.15, 0.2) is 24.3 Å². The van der Waals surface area contributed by atoms with E-state index in [9.17, 15) is 22.0 Å². The van der Waals surface area contributed by atoms with E-state index in [0.29, 0.717) is 5.56 Å². The van der Waals surface area contributed by atoms with Gasteiger partial charge in [0, 0.05) is 45.8 Å². The fraction of sp³-hybridized carbons (Fsp3) is 0.500. The van der Waals surface area contributed by atoms with E-state index in [-0.39, 0.29) is 37.8 Å². The zero-order valence-electron chi connectivity index (χ0n) is 13.4. The number of ether oxygens (including phenoxy) is 1. The third-order valence-electron chi connectivity index (χ3n) is 3.64. The Morgan fingerprint density at radius 1 is 1.12 bits per heavy atom. The van der Waals surface area contributed by atoms with Crippen LogP contribution in [0, 0.1) is 0 Å². The smallest absolute Gasteiger partial charge is 0.387 e. The van der Waals surface area contributed by atoms with Crippen molar-refractivity contribution < 1.29 is 26.7 Å². The molecule has 7 nitrogen and oxygen atoms in total. The van der Waals surface area contributed by atoms with E-state index in [1.165, 1.54) is 47.6 Å². The average Bonchev–Trinajstić information content (AvgIpc) is 2.54. The third-order valence-corrected chi connectivity index (χ3v) is 5.58. The molecule has 1 amide bonds. The van der Waals surface area contributed by atoms with Crippen LogP contribution in [0.2, 0.25) is 0 Å². The summed E-state index contributed by atoms with van der Waals surface area (Å²) in [6.07, 6.45) is 0. The fourth-order valence-electron chi connectivity index (χ4n) is 2.31. The number of nitrogens with zero attached hydrogens (tertiary/aromatic N) is 3. The molecule has 1 aliphatic rings. The lowest BCUT2D eigenvalue weighted by Crippen LogP contribution is -2.53. The van der Waals surface area contributed by atoms with Gasteiger partial charge in [0.2, 0.25) is 0 Å². The van der Waals surface area contributed by atoms with Crippen molar-refractivity contribution in [2.45, 2.75) is 6.61 Å². The van der Waals surface area contributed by atoms with Gasteiger partial charge in [0.25, 0.3) is 16.1 Å². The van der Waals surface area contributed by atoms with Crippen LogP contribution in [0.25, 0.3) is 0 Å². The van der Waals surface area contributed by atoms with Crippen LogP contribution in [-0.2, 0) is 10.2 Å². The molecule has 1 heterocycles.